The van der Waals surface area contributed by atoms with E-state index in [4.69, 9.17) is 11.6 Å². The zero-order valence-corrected chi connectivity index (χ0v) is 14.7. The van der Waals surface area contributed by atoms with E-state index in [0.717, 1.165) is 0 Å². The average Bonchev–Trinajstić information content (AvgIpc) is 2.57. The van der Waals surface area contributed by atoms with Crippen LogP contribution in [0.15, 0.2) is 42.5 Å². The van der Waals surface area contributed by atoms with E-state index < -0.39 is 23.0 Å². The van der Waals surface area contributed by atoms with E-state index in [0.29, 0.717) is 32.9 Å². The molecule has 1 heterocycles. The molecule has 1 aromatic heterocycles. The van der Waals surface area contributed by atoms with E-state index in [-0.39, 0.29) is 5.82 Å². The van der Waals surface area contributed by atoms with Crippen LogP contribution in [0.3, 0.4) is 0 Å². The van der Waals surface area contributed by atoms with Gasteiger partial charge < -0.3 is 5.32 Å². The van der Waals surface area contributed by atoms with Gasteiger partial charge in [0.15, 0.2) is 5.82 Å². The Morgan fingerprint density at radius 3 is 2.68 bits per heavy atom. The largest absolute Gasteiger partial charge is 0.340 e. The summed E-state index contributed by atoms with van der Waals surface area (Å²) in [6.45, 7) is 0. The van der Waals surface area contributed by atoms with Crippen LogP contribution in [0.1, 0.15) is 17.8 Å². The van der Waals surface area contributed by atoms with Crippen LogP contribution in [-0.4, -0.2) is 20.4 Å². The van der Waals surface area contributed by atoms with E-state index in [9.17, 15) is 13.0 Å². The minimum absolute atomic E-state index is 0.284. The topological polar surface area (TPSA) is 54.9 Å². The first-order valence-corrected chi connectivity index (χ1v) is 9.45. The van der Waals surface area contributed by atoms with Crippen molar-refractivity contribution in [1.29, 1.82) is 0 Å². The van der Waals surface area contributed by atoms with Crippen LogP contribution < -0.4 is 5.32 Å². The van der Waals surface area contributed by atoms with Crippen molar-refractivity contribution < 1.29 is 13.0 Å². The van der Waals surface area contributed by atoms with Crippen LogP contribution in [0.2, 0.25) is 5.02 Å². The highest BCUT2D eigenvalue weighted by Gasteiger charge is 2.15. The molecule has 0 saturated carbocycles. The molecule has 8 heteroatoms. The number of nitrogens with one attached hydrogen (secondary N) is 1. The molecule has 0 saturated heterocycles. The monoisotopic (exact) mass is 381 g/mol. The third kappa shape index (κ3) is 4.11. The van der Waals surface area contributed by atoms with Gasteiger partial charge in [0.05, 0.1) is 5.52 Å². The highest BCUT2D eigenvalue weighted by Crippen LogP contribution is 2.29. The molecule has 4 nitrogen and oxygen atoms in total. The van der Waals surface area contributed by atoms with Crippen LogP contribution in [0.25, 0.3) is 10.9 Å². The van der Waals surface area contributed by atoms with Crippen molar-refractivity contribution in [2.45, 2.75) is 12.2 Å². The van der Waals surface area contributed by atoms with Gasteiger partial charge in [-0.2, -0.15) is 0 Å². The zero-order valence-electron chi connectivity index (χ0n) is 13.2. The molecule has 1 unspecified atom stereocenters. The summed E-state index contributed by atoms with van der Waals surface area (Å²) in [4.78, 5) is 7.83. The zero-order chi connectivity index (χ0) is 18.0. The Labute approximate surface area is 150 Å². The molecule has 0 amide bonds. The van der Waals surface area contributed by atoms with Crippen LogP contribution >= 0.6 is 11.6 Å². The summed E-state index contributed by atoms with van der Waals surface area (Å²) in [5.74, 6) is 0.0538. The van der Waals surface area contributed by atoms with Gasteiger partial charge in [-0.3, -0.25) is 4.21 Å². The summed E-state index contributed by atoms with van der Waals surface area (Å²) >= 11 is 6.12. The Balaban J connectivity index is 2.04. The van der Waals surface area contributed by atoms with Gasteiger partial charge >= 0.3 is 0 Å². The SMILES string of the molecule is CS(=O)Cc1cc(Nc2nc(C(F)F)nc3ccccc23)ccc1Cl. The lowest BCUT2D eigenvalue weighted by Crippen LogP contribution is -2.03. The Hall–Kier alpha value is -2.12. The van der Waals surface area contributed by atoms with E-state index in [1.807, 2.05) is 0 Å². The summed E-state index contributed by atoms with van der Waals surface area (Å²) in [5.41, 5.74) is 1.76. The van der Waals surface area contributed by atoms with Crippen LogP contribution in [0.5, 0.6) is 0 Å². The number of nitrogens with zero attached hydrogens (tertiary/aromatic N) is 2. The Morgan fingerprint density at radius 2 is 1.96 bits per heavy atom. The predicted molar refractivity (Wildman–Crippen MR) is 97.0 cm³/mol. The summed E-state index contributed by atoms with van der Waals surface area (Å²) in [5, 5.41) is 4.17. The third-order valence-corrected chi connectivity index (χ3v) is 4.57. The van der Waals surface area contributed by atoms with Crippen molar-refractivity contribution in [3.8, 4) is 0 Å². The normalized spacial score (nSPS) is 12.5. The van der Waals surface area contributed by atoms with Gasteiger partial charge in [0.1, 0.15) is 5.82 Å². The minimum atomic E-state index is -2.77. The van der Waals surface area contributed by atoms with Crippen molar-refractivity contribution in [2.24, 2.45) is 0 Å². The number of fused-ring (bicyclic) bond motifs is 1. The quantitative estimate of drug-likeness (QED) is 0.686. The number of para-hydroxylation sites is 1. The molecule has 0 fully saturated rings. The van der Waals surface area contributed by atoms with Crippen LogP contribution in [0, 0.1) is 0 Å². The van der Waals surface area contributed by atoms with Crippen molar-refractivity contribution in [2.75, 3.05) is 11.6 Å². The Bertz CT molecular complexity index is 952. The highest BCUT2D eigenvalue weighted by atomic mass is 35.5. The van der Waals surface area contributed by atoms with Crippen molar-refractivity contribution >= 4 is 44.8 Å². The fourth-order valence-electron chi connectivity index (χ4n) is 2.41. The molecule has 0 spiro atoms. The van der Waals surface area contributed by atoms with Gasteiger partial charge in [0, 0.05) is 38.9 Å². The maximum atomic E-state index is 13.1. The maximum absolute atomic E-state index is 13.1. The number of hydrogen-bond acceptors (Lipinski definition) is 4. The molecule has 0 bridgehead atoms. The molecule has 0 aliphatic heterocycles. The molecule has 3 aromatic rings. The van der Waals surface area contributed by atoms with Crippen LogP contribution in [0.4, 0.5) is 20.3 Å². The second-order valence-corrected chi connectivity index (χ2v) is 7.24. The van der Waals surface area contributed by atoms with Gasteiger partial charge in [0.2, 0.25) is 0 Å². The second kappa shape index (κ2) is 7.41. The molecule has 0 aliphatic rings. The molecule has 0 radical (unpaired) electrons. The maximum Gasteiger partial charge on any atom is 0.297 e. The van der Waals surface area contributed by atoms with Crippen molar-refractivity contribution in [1.82, 2.24) is 9.97 Å². The number of benzene rings is 2. The fourth-order valence-corrected chi connectivity index (χ4v) is 3.35. The standard InChI is InChI=1S/C17H14ClF2N3OS/c1-25(24)9-10-8-11(6-7-13(10)18)21-16-12-4-2-3-5-14(12)22-17(23-16)15(19)20/h2-8,15H,9H2,1H3,(H,21,22,23). The number of aromatic nitrogens is 2. The molecule has 0 aliphatic carbocycles. The number of anilines is 2. The lowest BCUT2D eigenvalue weighted by molar-refractivity contribution is 0.141. The lowest BCUT2D eigenvalue weighted by atomic mass is 10.2. The van der Waals surface area contributed by atoms with Gasteiger partial charge in [-0.05, 0) is 35.9 Å². The number of alkyl halides is 2. The first-order valence-electron chi connectivity index (χ1n) is 7.34. The third-order valence-electron chi connectivity index (χ3n) is 3.48. The molecule has 2 aromatic carbocycles. The summed E-state index contributed by atoms with van der Waals surface area (Å²) in [6.07, 6.45) is -1.18. The van der Waals surface area contributed by atoms with Gasteiger partial charge in [0.25, 0.3) is 6.43 Å². The Kier molecular flexibility index (Phi) is 5.24. The molecular formula is C17H14ClF2N3OS. The first-order chi connectivity index (χ1) is 11.9. The number of hydrogen-bond donors (Lipinski definition) is 1. The Morgan fingerprint density at radius 1 is 1.20 bits per heavy atom. The summed E-state index contributed by atoms with van der Waals surface area (Å²) in [6, 6.07) is 12.0. The van der Waals surface area contributed by atoms with E-state index in [1.165, 1.54) is 0 Å². The fraction of sp³-hybridized carbons (Fsp3) is 0.176. The van der Waals surface area contributed by atoms with Gasteiger partial charge in [-0.25, -0.2) is 18.7 Å². The van der Waals surface area contributed by atoms with E-state index in [2.05, 4.69) is 15.3 Å². The minimum Gasteiger partial charge on any atom is -0.340 e. The first kappa shape index (κ1) is 17.7. The molecule has 3 rings (SSSR count). The van der Waals surface area contributed by atoms with Crippen molar-refractivity contribution in [3.63, 3.8) is 0 Å². The van der Waals surface area contributed by atoms with Gasteiger partial charge in [-0.15, -0.1) is 0 Å². The van der Waals surface area contributed by atoms with Crippen LogP contribution in [-0.2, 0) is 16.6 Å². The van der Waals surface area contributed by atoms with Gasteiger partial charge in [-0.1, -0.05) is 23.7 Å². The van der Waals surface area contributed by atoms with Crippen molar-refractivity contribution in [3.05, 3.63) is 58.9 Å². The molecule has 25 heavy (non-hydrogen) atoms. The molecule has 1 atom stereocenters. The summed E-state index contributed by atoms with van der Waals surface area (Å²) < 4.78 is 37.6. The number of halogens is 3. The highest BCUT2D eigenvalue weighted by molar-refractivity contribution is 7.83. The van der Waals surface area contributed by atoms with E-state index in [1.54, 1.807) is 48.7 Å². The van der Waals surface area contributed by atoms with E-state index >= 15 is 0 Å². The summed E-state index contributed by atoms with van der Waals surface area (Å²) in [7, 11) is -1.05. The lowest BCUT2D eigenvalue weighted by Gasteiger charge is -2.12. The molecule has 130 valence electrons. The second-order valence-electron chi connectivity index (χ2n) is 5.40. The smallest absolute Gasteiger partial charge is 0.297 e. The number of rotatable bonds is 5. The molecule has 1 N–H and O–H groups in total. The average molecular weight is 382 g/mol. The molecular weight excluding hydrogens is 368 g/mol. The predicted octanol–water partition coefficient (Wildman–Crippen LogP) is 4.84.